The summed E-state index contributed by atoms with van der Waals surface area (Å²) < 4.78 is 0. The lowest BCUT2D eigenvalue weighted by molar-refractivity contribution is -0.138. The van der Waals surface area contributed by atoms with Crippen molar-refractivity contribution >= 4 is 23.7 Å². The Morgan fingerprint density at radius 3 is 2.39 bits per heavy atom. The molecule has 0 aliphatic carbocycles. The van der Waals surface area contributed by atoms with Gasteiger partial charge < -0.3 is 31.8 Å². The van der Waals surface area contributed by atoms with Crippen LogP contribution in [0.2, 0.25) is 0 Å². The van der Waals surface area contributed by atoms with Crippen molar-refractivity contribution in [1.29, 1.82) is 0 Å². The first-order valence-electron chi connectivity index (χ1n) is 9.63. The third-order valence-electron chi connectivity index (χ3n) is 4.41. The molecule has 2 aromatic rings. The highest BCUT2D eigenvalue weighted by atomic mass is 16.4. The molecule has 3 unspecified atom stereocenters. The van der Waals surface area contributed by atoms with Crippen molar-refractivity contribution in [1.82, 2.24) is 25.9 Å². The number of aromatic amines is 1. The molecule has 7 N–H and O–H groups in total. The van der Waals surface area contributed by atoms with Gasteiger partial charge in [0.05, 0.1) is 12.4 Å². The van der Waals surface area contributed by atoms with E-state index in [1.165, 1.54) is 13.3 Å². The van der Waals surface area contributed by atoms with Crippen molar-refractivity contribution in [3.63, 3.8) is 0 Å². The molecule has 0 radical (unpaired) electrons. The van der Waals surface area contributed by atoms with Gasteiger partial charge in [0.1, 0.15) is 18.6 Å². The van der Waals surface area contributed by atoms with E-state index in [2.05, 4.69) is 25.9 Å². The van der Waals surface area contributed by atoms with Crippen molar-refractivity contribution in [2.24, 2.45) is 5.73 Å². The first-order chi connectivity index (χ1) is 14.8. The fourth-order valence-corrected chi connectivity index (χ4v) is 2.75. The lowest BCUT2D eigenvalue weighted by Crippen LogP contribution is -2.55. The minimum atomic E-state index is -1.20. The van der Waals surface area contributed by atoms with E-state index in [1.54, 1.807) is 30.5 Å². The van der Waals surface area contributed by atoms with E-state index in [1.807, 2.05) is 6.07 Å². The molecule has 3 amide bonds. The van der Waals surface area contributed by atoms with Gasteiger partial charge in [-0.2, -0.15) is 0 Å². The third-order valence-corrected chi connectivity index (χ3v) is 4.41. The van der Waals surface area contributed by atoms with Crippen LogP contribution in [-0.4, -0.2) is 63.4 Å². The highest BCUT2D eigenvalue weighted by Crippen LogP contribution is 2.04. The number of carboxylic acids is 1. The number of hydrogen-bond donors (Lipinski definition) is 6. The summed E-state index contributed by atoms with van der Waals surface area (Å²) in [5.41, 5.74) is 7.32. The molecule has 11 heteroatoms. The number of hydrogen-bond acceptors (Lipinski definition) is 6. The first-order valence-corrected chi connectivity index (χ1v) is 9.63. The Bertz CT molecular complexity index is 887. The maximum absolute atomic E-state index is 12.6. The third kappa shape index (κ3) is 7.90. The van der Waals surface area contributed by atoms with Gasteiger partial charge in [0.25, 0.3) is 0 Å². The minimum absolute atomic E-state index is 0.151. The monoisotopic (exact) mass is 430 g/mol. The zero-order chi connectivity index (χ0) is 22.8. The Morgan fingerprint density at radius 2 is 1.77 bits per heavy atom. The number of aliphatic carboxylic acids is 1. The molecule has 0 saturated carbocycles. The molecule has 3 atom stereocenters. The van der Waals surface area contributed by atoms with Crippen LogP contribution in [0.3, 0.4) is 0 Å². The molecule has 1 aromatic carbocycles. The van der Waals surface area contributed by atoms with Gasteiger partial charge >= 0.3 is 5.97 Å². The second-order valence-corrected chi connectivity index (χ2v) is 6.98. The number of carboxylic acid groups (broad SMARTS) is 1. The van der Waals surface area contributed by atoms with Crippen LogP contribution < -0.4 is 21.7 Å². The average Bonchev–Trinajstić information content (AvgIpc) is 3.25. The molecular weight excluding hydrogens is 404 g/mol. The summed E-state index contributed by atoms with van der Waals surface area (Å²) in [4.78, 5) is 54.7. The van der Waals surface area contributed by atoms with Gasteiger partial charge in [-0.05, 0) is 12.5 Å². The Morgan fingerprint density at radius 1 is 1.06 bits per heavy atom. The normalized spacial score (nSPS) is 13.5. The molecule has 0 aliphatic heterocycles. The summed E-state index contributed by atoms with van der Waals surface area (Å²) in [6.07, 6.45) is 3.39. The van der Waals surface area contributed by atoms with Crippen LogP contribution >= 0.6 is 0 Å². The predicted molar refractivity (Wildman–Crippen MR) is 111 cm³/mol. The van der Waals surface area contributed by atoms with Gasteiger partial charge in [0.2, 0.25) is 17.7 Å². The maximum atomic E-state index is 12.6. The van der Waals surface area contributed by atoms with Gasteiger partial charge in [0, 0.05) is 24.7 Å². The number of H-pyrrole nitrogens is 1. The molecule has 0 saturated heterocycles. The number of aromatic nitrogens is 2. The van der Waals surface area contributed by atoms with E-state index in [9.17, 15) is 19.2 Å². The quantitative estimate of drug-likeness (QED) is 0.257. The number of nitrogens with two attached hydrogens (primary N) is 1. The zero-order valence-corrected chi connectivity index (χ0v) is 17.0. The number of imidazole rings is 1. The fourth-order valence-electron chi connectivity index (χ4n) is 2.75. The lowest BCUT2D eigenvalue weighted by Gasteiger charge is -2.22. The number of carbonyl (C=O) groups excluding carboxylic acids is 3. The van der Waals surface area contributed by atoms with Crippen LogP contribution in [0.15, 0.2) is 42.9 Å². The van der Waals surface area contributed by atoms with E-state index in [-0.39, 0.29) is 12.8 Å². The summed E-state index contributed by atoms with van der Waals surface area (Å²) in [5, 5.41) is 16.1. The molecule has 2 rings (SSSR count). The summed E-state index contributed by atoms with van der Waals surface area (Å²) in [7, 11) is 0. The van der Waals surface area contributed by atoms with E-state index >= 15 is 0 Å². The Hall–Kier alpha value is -3.73. The van der Waals surface area contributed by atoms with Gasteiger partial charge in [-0.3, -0.25) is 19.2 Å². The van der Waals surface area contributed by atoms with Crippen LogP contribution in [0, 0.1) is 0 Å². The van der Waals surface area contributed by atoms with Crippen molar-refractivity contribution < 1.29 is 24.3 Å². The van der Waals surface area contributed by atoms with Crippen LogP contribution in [0.25, 0.3) is 0 Å². The summed E-state index contributed by atoms with van der Waals surface area (Å²) in [5.74, 6) is -2.99. The molecule has 1 aromatic heterocycles. The standard InChI is InChI=1S/C20H26N6O5/c1-12(25-19(30)15(21)8-14-9-22-11-24-14)18(29)26-16(20(31)23-10-17(27)28)7-13-5-3-2-4-6-13/h2-6,9,11-12,15-16H,7-8,10,21H2,1H3,(H,22,24)(H,23,31)(H,25,30)(H,26,29)(H,27,28). The molecule has 0 aliphatic rings. The maximum Gasteiger partial charge on any atom is 0.322 e. The number of nitrogens with zero attached hydrogens (tertiary/aromatic N) is 1. The summed E-state index contributed by atoms with van der Waals surface area (Å²) in [6.45, 7) is 0.889. The van der Waals surface area contributed by atoms with E-state index < -0.39 is 48.4 Å². The first kappa shape index (κ1) is 23.5. The minimum Gasteiger partial charge on any atom is -0.480 e. The molecule has 1 heterocycles. The van der Waals surface area contributed by atoms with Crippen molar-refractivity contribution in [2.75, 3.05) is 6.54 Å². The number of carbonyl (C=O) groups is 4. The number of amides is 3. The number of benzene rings is 1. The topological polar surface area (TPSA) is 179 Å². The highest BCUT2D eigenvalue weighted by Gasteiger charge is 2.26. The van der Waals surface area contributed by atoms with Gasteiger partial charge in [0.15, 0.2) is 0 Å². The second kappa shape index (κ2) is 11.5. The van der Waals surface area contributed by atoms with Gasteiger partial charge in [-0.1, -0.05) is 30.3 Å². The lowest BCUT2D eigenvalue weighted by atomic mass is 10.0. The number of nitrogens with one attached hydrogen (secondary N) is 4. The van der Waals surface area contributed by atoms with Crippen LogP contribution in [0.1, 0.15) is 18.2 Å². The molecule has 0 bridgehead atoms. The van der Waals surface area contributed by atoms with E-state index in [0.717, 1.165) is 5.56 Å². The second-order valence-electron chi connectivity index (χ2n) is 6.98. The van der Waals surface area contributed by atoms with Crippen LogP contribution in [-0.2, 0) is 32.0 Å². The smallest absolute Gasteiger partial charge is 0.322 e. The number of rotatable bonds is 11. The Balaban J connectivity index is 1.97. The molecule has 31 heavy (non-hydrogen) atoms. The molecule has 0 fully saturated rings. The predicted octanol–water partition coefficient (Wildman–Crippen LogP) is -1.29. The van der Waals surface area contributed by atoms with Crippen LogP contribution in [0.5, 0.6) is 0 Å². The Labute approximate surface area is 178 Å². The highest BCUT2D eigenvalue weighted by molar-refractivity contribution is 5.93. The van der Waals surface area contributed by atoms with E-state index in [0.29, 0.717) is 5.69 Å². The van der Waals surface area contributed by atoms with E-state index in [4.69, 9.17) is 10.8 Å². The van der Waals surface area contributed by atoms with Crippen molar-refractivity contribution in [2.45, 2.75) is 37.9 Å². The molecule has 11 nitrogen and oxygen atoms in total. The van der Waals surface area contributed by atoms with Crippen molar-refractivity contribution in [3.8, 4) is 0 Å². The average molecular weight is 430 g/mol. The summed E-state index contributed by atoms with van der Waals surface area (Å²) in [6, 6.07) is 6.06. The fraction of sp³-hybridized carbons (Fsp3) is 0.350. The van der Waals surface area contributed by atoms with Crippen LogP contribution in [0.4, 0.5) is 0 Å². The largest absolute Gasteiger partial charge is 0.480 e. The van der Waals surface area contributed by atoms with Gasteiger partial charge in [-0.15, -0.1) is 0 Å². The Kier molecular flexibility index (Phi) is 8.70. The molecule has 0 spiro atoms. The SMILES string of the molecule is CC(NC(=O)C(N)Cc1cnc[nH]1)C(=O)NC(Cc1ccccc1)C(=O)NCC(=O)O. The van der Waals surface area contributed by atoms with Gasteiger partial charge in [-0.25, -0.2) is 4.98 Å². The summed E-state index contributed by atoms with van der Waals surface area (Å²) >= 11 is 0. The molecule has 166 valence electrons. The van der Waals surface area contributed by atoms with Crippen molar-refractivity contribution in [3.05, 3.63) is 54.1 Å². The zero-order valence-electron chi connectivity index (χ0n) is 17.0. The molecular formula is C20H26N6O5.